The number of nitrogens with one attached hydrogen (secondary N) is 4. The minimum absolute atomic E-state index is 0.0672. The molecular formula is C32H41N5O6. The van der Waals surface area contributed by atoms with Crippen molar-refractivity contribution in [1.82, 2.24) is 20.9 Å². The first-order chi connectivity index (χ1) is 20.1. The summed E-state index contributed by atoms with van der Waals surface area (Å²) in [5.74, 6) is -0.455. The number of aliphatic hydroxyl groups is 1. The van der Waals surface area contributed by atoms with Gasteiger partial charge in [-0.2, -0.15) is 5.26 Å². The molecule has 230 valence electrons. The Labute approximate surface area is 251 Å². The molecule has 11 nitrogen and oxygen atoms in total. The molecule has 0 aliphatic heterocycles. The number of nitrogens with zero attached hydrogens (tertiary/aromatic N) is 1. The van der Waals surface area contributed by atoms with Gasteiger partial charge in [-0.05, 0) is 84.2 Å². The Hall–Kier alpha value is -4.56. The van der Waals surface area contributed by atoms with Crippen LogP contribution in [0.4, 0.5) is 9.59 Å². The van der Waals surface area contributed by atoms with Crippen molar-refractivity contribution in [3.63, 3.8) is 0 Å². The number of ether oxygens (including phenoxy) is 2. The molecule has 0 saturated carbocycles. The maximum atomic E-state index is 13.6. The number of H-pyrrole nitrogens is 1. The van der Waals surface area contributed by atoms with Crippen LogP contribution in [0.2, 0.25) is 0 Å². The molecule has 0 aliphatic rings. The first kappa shape index (κ1) is 32.9. The lowest BCUT2D eigenvalue weighted by Gasteiger charge is -2.27. The quantitative estimate of drug-likeness (QED) is 0.236. The maximum absolute atomic E-state index is 13.6. The molecule has 3 rings (SSSR count). The number of aromatic amines is 1. The summed E-state index contributed by atoms with van der Waals surface area (Å²) in [5.41, 5.74) is 2.52. The molecule has 3 aromatic rings. The Morgan fingerprint density at radius 2 is 1.58 bits per heavy atom. The lowest BCUT2D eigenvalue weighted by Crippen LogP contribution is -2.52. The zero-order valence-electron chi connectivity index (χ0n) is 25.8. The maximum Gasteiger partial charge on any atom is 0.408 e. The van der Waals surface area contributed by atoms with Crippen LogP contribution in [-0.2, 0) is 9.47 Å². The number of aromatic nitrogens is 1. The van der Waals surface area contributed by atoms with Crippen LogP contribution in [0, 0.1) is 18.3 Å². The van der Waals surface area contributed by atoms with E-state index in [1.165, 1.54) is 0 Å². The Balaban J connectivity index is 1.81. The van der Waals surface area contributed by atoms with Gasteiger partial charge in [0.05, 0.1) is 23.8 Å². The highest BCUT2D eigenvalue weighted by molar-refractivity contribution is 6.09. The van der Waals surface area contributed by atoms with Crippen LogP contribution >= 0.6 is 0 Å². The Morgan fingerprint density at radius 1 is 0.953 bits per heavy atom. The topological polar surface area (TPSA) is 166 Å². The van der Waals surface area contributed by atoms with Gasteiger partial charge in [0.25, 0.3) is 5.91 Å². The predicted octanol–water partition coefficient (Wildman–Crippen LogP) is 4.91. The van der Waals surface area contributed by atoms with E-state index in [1.54, 1.807) is 65.8 Å². The van der Waals surface area contributed by atoms with E-state index >= 15 is 0 Å². The van der Waals surface area contributed by atoms with E-state index < -0.39 is 41.4 Å². The smallest absolute Gasteiger partial charge is 0.408 e. The molecule has 0 aliphatic carbocycles. The molecule has 0 bridgehead atoms. The number of nitriles is 1. The van der Waals surface area contributed by atoms with Crippen LogP contribution in [0.1, 0.15) is 69.6 Å². The summed E-state index contributed by atoms with van der Waals surface area (Å²) in [4.78, 5) is 41.4. The molecule has 1 unspecified atom stereocenters. The number of carbonyl (C=O) groups is 3. The third kappa shape index (κ3) is 9.75. The minimum atomic E-state index is -1.15. The van der Waals surface area contributed by atoms with Crippen molar-refractivity contribution < 1.29 is 29.0 Å². The molecule has 3 amide bonds. The van der Waals surface area contributed by atoms with Crippen LogP contribution in [0.15, 0.2) is 42.5 Å². The van der Waals surface area contributed by atoms with Crippen LogP contribution in [0.5, 0.6) is 0 Å². The van der Waals surface area contributed by atoms with Crippen molar-refractivity contribution in [2.75, 3.05) is 13.1 Å². The van der Waals surface area contributed by atoms with E-state index in [9.17, 15) is 24.8 Å². The Kier molecular flexibility index (Phi) is 10.4. The monoisotopic (exact) mass is 591 g/mol. The zero-order valence-corrected chi connectivity index (χ0v) is 25.8. The van der Waals surface area contributed by atoms with Crippen molar-refractivity contribution in [2.45, 2.75) is 78.2 Å². The summed E-state index contributed by atoms with van der Waals surface area (Å²) < 4.78 is 10.6. The number of fused-ring (bicyclic) bond motifs is 1. The third-order valence-corrected chi connectivity index (χ3v) is 6.24. The number of hydrogen-bond donors (Lipinski definition) is 5. The van der Waals surface area contributed by atoms with Crippen molar-refractivity contribution in [3.05, 3.63) is 59.3 Å². The van der Waals surface area contributed by atoms with Crippen molar-refractivity contribution in [2.24, 2.45) is 0 Å². The van der Waals surface area contributed by atoms with Crippen LogP contribution in [0.25, 0.3) is 22.0 Å². The molecule has 0 saturated heterocycles. The van der Waals surface area contributed by atoms with Crippen LogP contribution in [0.3, 0.4) is 0 Å². The van der Waals surface area contributed by atoms with E-state index in [0.717, 1.165) is 22.0 Å². The standard InChI is InChI=1S/C32H41N5O6/c1-19-8-13-22-23(16-19)36-27(26(22)21-11-9-20(17-33)10-12-21)28(39)35-18-24(37-30(41)43-32(5,6)7)25(38)14-15-34-29(40)42-31(2,3)4/h8-13,16,24-25,36,38H,14-15,18H2,1-7H3,(H,34,40)(H,35,39)(H,37,41)/t24-,25?/m0/s1. The second-order valence-corrected chi connectivity index (χ2v) is 12.4. The molecule has 5 N–H and O–H groups in total. The van der Waals surface area contributed by atoms with Gasteiger partial charge in [-0.3, -0.25) is 4.79 Å². The average Bonchev–Trinajstić information content (AvgIpc) is 3.27. The summed E-state index contributed by atoms with van der Waals surface area (Å²) in [6, 6.07) is 13.9. The highest BCUT2D eigenvalue weighted by atomic mass is 16.6. The molecule has 0 fully saturated rings. The van der Waals surface area contributed by atoms with E-state index in [-0.39, 0.29) is 19.5 Å². The highest BCUT2D eigenvalue weighted by Gasteiger charge is 2.27. The molecular weight excluding hydrogens is 550 g/mol. The summed E-state index contributed by atoms with van der Waals surface area (Å²) in [6.45, 7) is 12.3. The van der Waals surface area contributed by atoms with Gasteiger partial charge in [0.15, 0.2) is 0 Å². The largest absolute Gasteiger partial charge is 0.444 e. The fourth-order valence-corrected chi connectivity index (χ4v) is 4.36. The van der Waals surface area contributed by atoms with Crippen molar-refractivity contribution >= 4 is 29.0 Å². The molecule has 0 spiro atoms. The van der Waals surface area contributed by atoms with Gasteiger partial charge in [-0.25, -0.2) is 9.59 Å². The fraction of sp³-hybridized carbons (Fsp3) is 0.438. The lowest BCUT2D eigenvalue weighted by atomic mass is 9.99. The second kappa shape index (κ2) is 13.6. The zero-order chi connectivity index (χ0) is 31.9. The van der Waals surface area contributed by atoms with Gasteiger partial charge in [0.1, 0.15) is 16.9 Å². The van der Waals surface area contributed by atoms with Crippen LogP contribution in [-0.4, -0.2) is 64.6 Å². The van der Waals surface area contributed by atoms with Gasteiger partial charge < -0.3 is 35.5 Å². The number of aryl methyl sites for hydroxylation is 1. The molecule has 0 radical (unpaired) electrons. The fourth-order valence-electron chi connectivity index (χ4n) is 4.36. The number of benzene rings is 2. The van der Waals surface area contributed by atoms with E-state index in [0.29, 0.717) is 16.8 Å². The molecule has 43 heavy (non-hydrogen) atoms. The number of rotatable bonds is 9. The average molecular weight is 592 g/mol. The Morgan fingerprint density at radius 3 is 2.19 bits per heavy atom. The highest BCUT2D eigenvalue weighted by Crippen LogP contribution is 2.33. The van der Waals surface area contributed by atoms with E-state index in [4.69, 9.17) is 9.47 Å². The number of aliphatic hydroxyl groups excluding tert-OH is 1. The third-order valence-electron chi connectivity index (χ3n) is 6.24. The first-order valence-corrected chi connectivity index (χ1v) is 14.1. The van der Waals surface area contributed by atoms with Gasteiger partial charge in [0, 0.05) is 29.6 Å². The lowest BCUT2D eigenvalue weighted by molar-refractivity contribution is 0.0393. The molecule has 2 aromatic carbocycles. The van der Waals surface area contributed by atoms with Crippen molar-refractivity contribution in [1.29, 1.82) is 5.26 Å². The molecule has 11 heteroatoms. The second-order valence-electron chi connectivity index (χ2n) is 12.4. The van der Waals surface area contributed by atoms with Gasteiger partial charge in [-0.15, -0.1) is 0 Å². The SMILES string of the molecule is Cc1ccc2c(-c3ccc(C#N)cc3)c(C(=O)NC[C@H](NC(=O)OC(C)(C)C)C(O)CCNC(=O)OC(C)(C)C)[nH]c2c1. The molecule has 1 aromatic heterocycles. The Bertz CT molecular complexity index is 1490. The van der Waals surface area contributed by atoms with Gasteiger partial charge in [-0.1, -0.05) is 24.3 Å². The predicted molar refractivity (Wildman–Crippen MR) is 164 cm³/mol. The number of alkyl carbamates (subject to hydrolysis) is 2. The number of carbonyl (C=O) groups excluding carboxylic acids is 3. The summed E-state index contributed by atoms with van der Waals surface area (Å²) in [5, 5.41) is 29.1. The van der Waals surface area contributed by atoms with Crippen LogP contribution < -0.4 is 16.0 Å². The van der Waals surface area contributed by atoms with Gasteiger partial charge >= 0.3 is 12.2 Å². The summed E-state index contributed by atoms with van der Waals surface area (Å²) in [7, 11) is 0. The first-order valence-electron chi connectivity index (χ1n) is 14.1. The van der Waals surface area contributed by atoms with E-state index in [2.05, 4.69) is 27.0 Å². The van der Waals surface area contributed by atoms with Gasteiger partial charge in [0.2, 0.25) is 0 Å². The van der Waals surface area contributed by atoms with E-state index in [1.807, 2.05) is 25.1 Å². The normalized spacial score (nSPS) is 13.0. The summed E-state index contributed by atoms with van der Waals surface area (Å²) >= 11 is 0. The molecule has 1 heterocycles. The molecule has 2 atom stereocenters. The van der Waals surface area contributed by atoms with Crippen molar-refractivity contribution in [3.8, 4) is 17.2 Å². The number of amides is 3. The minimum Gasteiger partial charge on any atom is -0.444 e. The number of hydrogen-bond acceptors (Lipinski definition) is 7. The summed E-state index contributed by atoms with van der Waals surface area (Å²) in [6.07, 6.45) is -2.47.